The number of nitrogens with zero attached hydrogens (tertiary/aromatic N) is 2. The van der Waals surface area contributed by atoms with E-state index in [2.05, 4.69) is 9.71 Å². The molecule has 0 bridgehead atoms. The van der Waals surface area contributed by atoms with Crippen molar-refractivity contribution in [2.45, 2.75) is 51.3 Å². The average molecular weight is 456 g/mol. The lowest BCUT2D eigenvalue weighted by atomic mass is 10.1. The molecule has 30 heavy (non-hydrogen) atoms. The van der Waals surface area contributed by atoms with E-state index in [0.29, 0.717) is 19.4 Å². The molecule has 1 N–H and O–H groups in total. The molecular formula is C20H26FN3O4S2. The summed E-state index contributed by atoms with van der Waals surface area (Å²) in [6, 6.07) is 7.08. The molecule has 10 heteroatoms. The molecule has 1 fully saturated rings. The number of hydrogen-bond acceptors (Lipinski definition) is 6. The number of nitrogens with one attached hydrogen (secondary N) is 1. The molecule has 0 aliphatic carbocycles. The molecule has 0 spiro atoms. The van der Waals surface area contributed by atoms with Gasteiger partial charge in [-0.25, -0.2) is 27.3 Å². The molecule has 164 valence electrons. The third-order valence-electron chi connectivity index (χ3n) is 4.64. The van der Waals surface area contributed by atoms with Crippen LogP contribution < -0.4 is 4.72 Å². The maximum atomic E-state index is 12.9. The van der Waals surface area contributed by atoms with Crippen LogP contribution >= 0.6 is 11.3 Å². The molecular weight excluding hydrogens is 429 g/mol. The van der Waals surface area contributed by atoms with Crippen molar-refractivity contribution in [1.82, 2.24) is 14.6 Å². The van der Waals surface area contributed by atoms with Crippen molar-refractivity contribution in [2.24, 2.45) is 0 Å². The number of thiazole rings is 1. The molecule has 3 rings (SSSR count). The number of halogens is 1. The van der Waals surface area contributed by atoms with Crippen molar-refractivity contribution in [3.63, 3.8) is 0 Å². The zero-order valence-corrected chi connectivity index (χ0v) is 18.8. The van der Waals surface area contributed by atoms with Gasteiger partial charge >= 0.3 is 6.09 Å². The van der Waals surface area contributed by atoms with Crippen molar-refractivity contribution in [3.05, 3.63) is 41.4 Å². The standard InChI is InChI=1S/C20H26FN3O4S2/c1-20(2,3)28-19(25)24-10-9-16(23-30(26,27)13-21)17(24)11-15-12-29-18(22-15)14-7-5-4-6-8-14/h4-8,12,16-17,23H,9-11,13H2,1-3H3/t16-,17-/m1/s1. The van der Waals surface area contributed by atoms with Gasteiger partial charge in [-0.05, 0) is 27.2 Å². The van der Waals surface area contributed by atoms with Crippen LogP contribution in [-0.4, -0.2) is 54.6 Å². The second kappa shape index (κ2) is 8.99. The van der Waals surface area contributed by atoms with E-state index in [4.69, 9.17) is 4.74 Å². The van der Waals surface area contributed by atoms with E-state index in [9.17, 15) is 17.6 Å². The van der Waals surface area contributed by atoms with Gasteiger partial charge in [-0.1, -0.05) is 30.3 Å². The molecule has 0 radical (unpaired) electrons. The smallest absolute Gasteiger partial charge is 0.410 e. The van der Waals surface area contributed by atoms with Crippen molar-refractivity contribution >= 4 is 27.5 Å². The van der Waals surface area contributed by atoms with Gasteiger partial charge in [0.1, 0.15) is 10.6 Å². The highest BCUT2D eigenvalue weighted by Gasteiger charge is 2.41. The summed E-state index contributed by atoms with van der Waals surface area (Å²) in [5.41, 5.74) is 1.04. The van der Waals surface area contributed by atoms with Gasteiger partial charge in [-0.15, -0.1) is 11.3 Å². The summed E-state index contributed by atoms with van der Waals surface area (Å²) in [4.78, 5) is 18.9. The average Bonchev–Trinajstić information content (AvgIpc) is 3.29. The van der Waals surface area contributed by atoms with Gasteiger partial charge in [0, 0.05) is 30.0 Å². The van der Waals surface area contributed by atoms with Crippen LogP contribution in [0, 0.1) is 0 Å². The van der Waals surface area contributed by atoms with Crippen LogP contribution in [0.1, 0.15) is 32.9 Å². The van der Waals surface area contributed by atoms with Crippen molar-refractivity contribution < 1.29 is 22.3 Å². The summed E-state index contributed by atoms with van der Waals surface area (Å²) in [6.45, 7) is 5.62. The predicted molar refractivity (Wildman–Crippen MR) is 114 cm³/mol. The van der Waals surface area contributed by atoms with E-state index < -0.39 is 39.8 Å². The quantitative estimate of drug-likeness (QED) is 0.719. The molecule has 2 heterocycles. The number of alkyl halides is 1. The van der Waals surface area contributed by atoms with E-state index in [1.807, 2.05) is 35.7 Å². The van der Waals surface area contributed by atoms with Crippen molar-refractivity contribution in [3.8, 4) is 10.6 Å². The summed E-state index contributed by atoms with van der Waals surface area (Å²) in [6.07, 6.45) is 0.189. The molecule has 1 saturated heterocycles. The van der Waals surface area contributed by atoms with E-state index in [0.717, 1.165) is 16.3 Å². The second-order valence-electron chi connectivity index (χ2n) is 8.19. The highest BCUT2D eigenvalue weighted by Crippen LogP contribution is 2.28. The number of ether oxygens (including phenoxy) is 1. The molecule has 2 atom stereocenters. The fourth-order valence-electron chi connectivity index (χ4n) is 3.38. The Bertz CT molecular complexity index is 973. The Hall–Kier alpha value is -2.04. The number of sulfonamides is 1. The van der Waals surface area contributed by atoms with Gasteiger partial charge in [0.15, 0.2) is 0 Å². The van der Waals surface area contributed by atoms with Crippen LogP contribution in [0.25, 0.3) is 10.6 Å². The largest absolute Gasteiger partial charge is 0.444 e. The first kappa shape index (κ1) is 22.6. The van der Waals surface area contributed by atoms with Crippen LogP contribution in [0.3, 0.4) is 0 Å². The lowest BCUT2D eigenvalue weighted by molar-refractivity contribution is 0.0218. The summed E-state index contributed by atoms with van der Waals surface area (Å²) < 4.78 is 44.4. The minimum atomic E-state index is -4.06. The third-order valence-corrected chi connectivity index (χ3v) is 6.53. The van der Waals surface area contributed by atoms with Gasteiger partial charge in [-0.3, -0.25) is 0 Å². The van der Waals surface area contributed by atoms with Crippen LogP contribution in [0.2, 0.25) is 0 Å². The number of aromatic nitrogens is 1. The molecule has 1 aliphatic rings. The Kier molecular flexibility index (Phi) is 6.78. The van der Waals surface area contributed by atoms with Crippen molar-refractivity contribution in [1.29, 1.82) is 0 Å². The Morgan fingerprint density at radius 3 is 2.67 bits per heavy atom. The van der Waals surface area contributed by atoms with Crippen LogP contribution in [0.5, 0.6) is 0 Å². The van der Waals surface area contributed by atoms with E-state index >= 15 is 0 Å². The second-order valence-corrected chi connectivity index (χ2v) is 10.7. The Morgan fingerprint density at radius 2 is 2.03 bits per heavy atom. The topological polar surface area (TPSA) is 88.6 Å². The normalized spacial score (nSPS) is 19.8. The number of likely N-dealkylation sites (tertiary alicyclic amines) is 1. The summed E-state index contributed by atoms with van der Waals surface area (Å²) in [5, 5.41) is 2.74. The molecule has 1 aromatic carbocycles. The van der Waals surface area contributed by atoms with Crippen LogP contribution in [0.15, 0.2) is 35.7 Å². The number of rotatable bonds is 6. The zero-order valence-electron chi connectivity index (χ0n) is 17.2. The van der Waals surface area contributed by atoms with Crippen molar-refractivity contribution in [2.75, 3.05) is 12.6 Å². The number of benzene rings is 1. The predicted octanol–water partition coefficient (Wildman–Crippen LogP) is 3.58. The first-order valence-electron chi connectivity index (χ1n) is 9.63. The number of hydrogen-bond donors (Lipinski definition) is 1. The summed E-state index contributed by atoms with van der Waals surface area (Å²) in [7, 11) is -4.06. The molecule has 2 aromatic rings. The molecule has 1 amide bonds. The number of amides is 1. The molecule has 0 unspecified atom stereocenters. The lowest BCUT2D eigenvalue weighted by Gasteiger charge is -2.30. The minimum Gasteiger partial charge on any atom is -0.444 e. The first-order valence-corrected chi connectivity index (χ1v) is 12.2. The highest BCUT2D eigenvalue weighted by atomic mass is 32.2. The maximum Gasteiger partial charge on any atom is 0.410 e. The maximum absolute atomic E-state index is 12.9. The summed E-state index contributed by atoms with van der Waals surface area (Å²) >= 11 is 1.48. The van der Waals surface area contributed by atoms with E-state index in [1.165, 1.54) is 16.2 Å². The molecule has 1 aliphatic heterocycles. The van der Waals surface area contributed by atoms with Gasteiger partial charge in [0.25, 0.3) is 0 Å². The monoisotopic (exact) mass is 455 g/mol. The Morgan fingerprint density at radius 1 is 1.33 bits per heavy atom. The highest BCUT2D eigenvalue weighted by molar-refractivity contribution is 7.89. The molecule has 0 saturated carbocycles. The van der Waals surface area contributed by atoms with Gasteiger partial charge in [0.2, 0.25) is 16.0 Å². The lowest BCUT2D eigenvalue weighted by Crippen LogP contribution is -2.49. The number of carbonyl (C=O) groups is 1. The Labute approximate surface area is 180 Å². The zero-order chi connectivity index (χ0) is 21.9. The van der Waals surface area contributed by atoms with E-state index in [1.54, 1.807) is 20.8 Å². The number of carbonyl (C=O) groups excluding carboxylic acids is 1. The Balaban J connectivity index is 1.83. The van der Waals surface area contributed by atoms with Gasteiger partial charge < -0.3 is 9.64 Å². The van der Waals surface area contributed by atoms with E-state index in [-0.39, 0.29) is 0 Å². The van der Waals surface area contributed by atoms with Gasteiger partial charge in [-0.2, -0.15) is 0 Å². The first-order chi connectivity index (χ1) is 14.1. The fraction of sp³-hybridized carbons (Fsp3) is 0.500. The van der Waals surface area contributed by atoms with Crippen LogP contribution in [0.4, 0.5) is 9.18 Å². The van der Waals surface area contributed by atoms with Gasteiger partial charge in [0.05, 0.1) is 11.7 Å². The molecule has 1 aromatic heterocycles. The summed E-state index contributed by atoms with van der Waals surface area (Å²) in [5.74, 6) is 0. The SMILES string of the molecule is CC(C)(C)OC(=O)N1CC[C@@H](NS(=O)(=O)CF)[C@H]1Cc1csc(-c2ccccc2)n1. The fourth-order valence-corrected chi connectivity index (χ4v) is 5.02. The third kappa shape index (κ3) is 5.77. The van der Waals surface area contributed by atoms with Crippen LogP contribution in [-0.2, 0) is 21.2 Å². The minimum absolute atomic E-state index is 0.314. The molecule has 7 nitrogen and oxygen atoms in total.